The minimum atomic E-state index is -0.106. The van der Waals surface area contributed by atoms with Crippen molar-refractivity contribution in [3.8, 4) is 11.9 Å². The van der Waals surface area contributed by atoms with Gasteiger partial charge in [0.2, 0.25) is 11.6 Å². The summed E-state index contributed by atoms with van der Waals surface area (Å²) in [6.45, 7) is 1.38. The predicted molar refractivity (Wildman–Crippen MR) is 74.3 cm³/mol. The molecule has 21 heavy (non-hydrogen) atoms. The summed E-state index contributed by atoms with van der Waals surface area (Å²) in [7, 11) is 0. The van der Waals surface area contributed by atoms with Gasteiger partial charge >= 0.3 is 0 Å². The zero-order chi connectivity index (χ0) is 14.7. The van der Waals surface area contributed by atoms with Gasteiger partial charge in [-0.3, -0.25) is 4.79 Å². The Hall–Kier alpha value is -2.16. The number of carbonyl (C=O) groups is 1. The standard InChI is InChI=1S/C15H18N4O2/c16-9-13-15(18-6-5-17-13)21-12-2-1-7-19(10-12)14(20)8-11-3-4-11/h5-6,11-12H,1-4,7-8,10H2. The molecule has 2 heterocycles. The van der Waals surface area contributed by atoms with E-state index < -0.39 is 0 Å². The first kappa shape index (κ1) is 13.8. The van der Waals surface area contributed by atoms with Crippen LogP contribution in [0.5, 0.6) is 5.88 Å². The molecule has 1 saturated carbocycles. The van der Waals surface area contributed by atoms with Gasteiger partial charge < -0.3 is 9.64 Å². The number of nitrogens with zero attached hydrogens (tertiary/aromatic N) is 4. The van der Waals surface area contributed by atoms with E-state index in [1.807, 2.05) is 11.0 Å². The second kappa shape index (κ2) is 6.08. The monoisotopic (exact) mass is 286 g/mol. The fourth-order valence-electron chi connectivity index (χ4n) is 2.61. The molecule has 1 saturated heterocycles. The average Bonchev–Trinajstić information content (AvgIpc) is 3.32. The number of amides is 1. The van der Waals surface area contributed by atoms with Gasteiger partial charge in [-0.25, -0.2) is 9.97 Å². The molecule has 1 aliphatic carbocycles. The second-order valence-electron chi connectivity index (χ2n) is 5.69. The average molecular weight is 286 g/mol. The van der Waals surface area contributed by atoms with Crippen LogP contribution >= 0.6 is 0 Å². The second-order valence-corrected chi connectivity index (χ2v) is 5.69. The third-order valence-corrected chi connectivity index (χ3v) is 3.94. The minimum Gasteiger partial charge on any atom is -0.470 e. The summed E-state index contributed by atoms with van der Waals surface area (Å²) in [5.41, 5.74) is 0.193. The van der Waals surface area contributed by atoms with E-state index in [0.29, 0.717) is 18.9 Å². The number of hydrogen-bond acceptors (Lipinski definition) is 5. The molecule has 0 bridgehead atoms. The molecule has 6 heteroatoms. The third kappa shape index (κ3) is 3.48. The molecule has 1 aromatic rings. The number of rotatable bonds is 4. The highest BCUT2D eigenvalue weighted by atomic mass is 16.5. The number of nitriles is 1. The van der Waals surface area contributed by atoms with E-state index in [-0.39, 0.29) is 23.6 Å². The molecule has 1 unspecified atom stereocenters. The smallest absolute Gasteiger partial charge is 0.251 e. The zero-order valence-corrected chi connectivity index (χ0v) is 11.9. The van der Waals surface area contributed by atoms with Crippen molar-refractivity contribution in [2.75, 3.05) is 13.1 Å². The molecule has 0 aromatic carbocycles. The SMILES string of the molecule is N#Cc1nccnc1OC1CCCN(C(=O)CC2CC2)C1. The van der Waals surface area contributed by atoms with Crippen LogP contribution in [0.2, 0.25) is 0 Å². The highest BCUT2D eigenvalue weighted by Gasteiger charge is 2.30. The number of piperidine rings is 1. The third-order valence-electron chi connectivity index (χ3n) is 3.94. The van der Waals surface area contributed by atoms with Crippen LogP contribution in [0.15, 0.2) is 12.4 Å². The van der Waals surface area contributed by atoms with Gasteiger partial charge in [-0.2, -0.15) is 5.26 Å². The van der Waals surface area contributed by atoms with Crippen molar-refractivity contribution in [2.45, 2.75) is 38.2 Å². The van der Waals surface area contributed by atoms with Gasteiger partial charge in [-0.05, 0) is 31.6 Å². The first-order chi connectivity index (χ1) is 10.3. The van der Waals surface area contributed by atoms with E-state index >= 15 is 0 Å². The van der Waals surface area contributed by atoms with Crippen LogP contribution in [0, 0.1) is 17.2 Å². The Morgan fingerprint density at radius 3 is 2.95 bits per heavy atom. The number of ether oxygens (including phenoxy) is 1. The van der Waals surface area contributed by atoms with Crippen LogP contribution in [0.4, 0.5) is 0 Å². The normalized spacial score (nSPS) is 21.7. The van der Waals surface area contributed by atoms with Crippen LogP contribution in [0.1, 0.15) is 37.8 Å². The maximum Gasteiger partial charge on any atom is 0.251 e. The topological polar surface area (TPSA) is 79.1 Å². The van der Waals surface area contributed by atoms with Gasteiger partial charge in [0.1, 0.15) is 12.2 Å². The molecule has 6 nitrogen and oxygen atoms in total. The van der Waals surface area contributed by atoms with Crippen molar-refractivity contribution in [1.29, 1.82) is 5.26 Å². The lowest BCUT2D eigenvalue weighted by molar-refractivity contribution is -0.134. The molecule has 3 rings (SSSR count). The Balaban J connectivity index is 1.60. The highest BCUT2D eigenvalue weighted by Crippen LogP contribution is 2.33. The predicted octanol–water partition coefficient (Wildman–Crippen LogP) is 1.52. The van der Waals surface area contributed by atoms with Crippen LogP contribution in [-0.2, 0) is 4.79 Å². The summed E-state index contributed by atoms with van der Waals surface area (Å²) < 4.78 is 5.79. The van der Waals surface area contributed by atoms with Gasteiger partial charge in [-0.1, -0.05) is 0 Å². The molecule has 1 aliphatic heterocycles. The van der Waals surface area contributed by atoms with Gasteiger partial charge in [0.25, 0.3) is 5.88 Å². The molecular weight excluding hydrogens is 268 g/mol. The Morgan fingerprint density at radius 2 is 2.19 bits per heavy atom. The van der Waals surface area contributed by atoms with Crippen molar-refractivity contribution in [3.63, 3.8) is 0 Å². The lowest BCUT2D eigenvalue weighted by Crippen LogP contribution is -2.44. The summed E-state index contributed by atoms with van der Waals surface area (Å²) in [5.74, 6) is 1.09. The Morgan fingerprint density at radius 1 is 1.38 bits per heavy atom. The van der Waals surface area contributed by atoms with Crippen molar-refractivity contribution >= 4 is 5.91 Å². The molecule has 110 valence electrons. The van der Waals surface area contributed by atoms with Crippen molar-refractivity contribution in [3.05, 3.63) is 18.1 Å². The van der Waals surface area contributed by atoms with E-state index in [1.165, 1.54) is 25.2 Å². The molecule has 1 amide bonds. The minimum absolute atomic E-state index is 0.106. The molecular formula is C15H18N4O2. The Labute approximate surface area is 123 Å². The largest absolute Gasteiger partial charge is 0.470 e. The van der Waals surface area contributed by atoms with Gasteiger partial charge in [-0.15, -0.1) is 0 Å². The van der Waals surface area contributed by atoms with Crippen molar-refractivity contribution in [1.82, 2.24) is 14.9 Å². The molecule has 2 fully saturated rings. The molecule has 0 N–H and O–H groups in total. The van der Waals surface area contributed by atoms with E-state index in [9.17, 15) is 4.79 Å². The van der Waals surface area contributed by atoms with Crippen molar-refractivity contribution in [2.24, 2.45) is 5.92 Å². The van der Waals surface area contributed by atoms with Gasteiger partial charge in [0.15, 0.2) is 0 Å². The van der Waals surface area contributed by atoms with E-state index in [0.717, 1.165) is 19.4 Å². The van der Waals surface area contributed by atoms with Gasteiger partial charge in [0, 0.05) is 25.4 Å². The molecule has 0 spiro atoms. The summed E-state index contributed by atoms with van der Waals surface area (Å²) in [6, 6.07) is 1.97. The van der Waals surface area contributed by atoms with Crippen LogP contribution in [0.3, 0.4) is 0 Å². The summed E-state index contributed by atoms with van der Waals surface area (Å²) in [4.78, 5) is 22.0. The van der Waals surface area contributed by atoms with Crippen LogP contribution < -0.4 is 4.74 Å². The molecule has 0 radical (unpaired) electrons. The molecule has 2 aliphatic rings. The highest BCUT2D eigenvalue weighted by molar-refractivity contribution is 5.76. The maximum absolute atomic E-state index is 12.2. The molecule has 1 atom stereocenters. The lowest BCUT2D eigenvalue weighted by atomic mass is 10.1. The number of likely N-dealkylation sites (tertiary alicyclic amines) is 1. The van der Waals surface area contributed by atoms with Gasteiger partial charge in [0.05, 0.1) is 6.54 Å². The zero-order valence-electron chi connectivity index (χ0n) is 11.9. The quantitative estimate of drug-likeness (QED) is 0.838. The molecule has 1 aromatic heterocycles. The summed E-state index contributed by atoms with van der Waals surface area (Å²) in [6.07, 6.45) is 7.70. The first-order valence-corrected chi connectivity index (χ1v) is 7.42. The Kier molecular flexibility index (Phi) is 4.00. The Bertz CT molecular complexity index is 565. The van der Waals surface area contributed by atoms with Crippen LogP contribution in [0.25, 0.3) is 0 Å². The number of hydrogen-bond donors (Lipinski definition) is 0. The number of aromatic nitrogens is 2. The fraction of sp³-hybridized carbons (Fsp3) is 0.600. The fourth-order valence-corrected chi connectivity index (χ4v) is 2.61. The summed E-state index contributed by atoms with van der Waals surface area (Å²) >= 11 is 0. The summed E-state index contributed by atoms with van der Waals surface area (Å²) in [5, 5.41) is 9.00. The van der Waals surface area contributed by atoms with E-state index in [4.69, 9.17) is 10.00 Å². The van der Waals surface area contributed by atoms with Crippen LogP contribution in [-0.4, -0.2) is 40.0 Å². The van der Waals surface area contributed by atoms with E-state index in [2.05, 4.69) is 9.97 Å². The van der Waals surface area contributed by atoms with Crippen molar-refractivity contribution < 1.29 is 9.53 Å². The maximum atomic E-state index is 12.2. The first-order valence-electron chi connectivity index (χ1n) is 7.42. The lowest BCUT2D eigenvalue weighted by Gasteiger charge is -2.32. The number of carbonyl (C=O) groups excluding carboxylic acids is 1. The van der Waals surface area contributed by atoms with E-state index in [1.54, 1.807) is 0 Å².